The average Bonchev–Trinajstić information content (AvgIpc) is 2.91. The van der Waals surface area contributed by atoms with E-state index in [2.05, 4.69) is 10.2 Å². The molecule has 1 heterocycles. The van der Waals surface area contributed by atoms with Crippen LogP contribution in [0.3, 0.4) is 0 Å². The number of nitrogens with zero attached hydrogens (tertiary/aromatic N) is 2. The van der Waals surface area contributed by atoms with E-state index < -0.39 is 33.6 Å². The molecule has 2 aromatic rings. The van der Waals surface area contributed by atoms with E-state index in [1.807, 2.05) is 24.3 Å². The van der Waals surface area contributed by atoms with Crippen LogP contribution in [0.15, 0.2) is 48.5 Å². The van der Waals surface area contributed by atoms with Crippen molar-refractivity contribution in [3.63, 3.8) is 0 Å². The molecule has 12 heteroatoms. The van der Waals surface area contributed by atoms with E-state index in [1.54, 1.807) is 24.3 Å². The number of carbonyl (C=O) groups is 3. The normalized spacial score (nSPS) is 15.9. The Kier molecular flexibility index (Phi) is 9.61. The van der Waals surface area contributed by atoms with Crippen LogP contribution >= 0.6 is 0 Å². The second-order valence-corrected chi connectivity index (χ2v) is 11.0. The van der Waals surface area contributed by atoms with Crippen LogP contribution in [0.2, 0.25) is 0 Å². The summed E-state index contributed by atoms with van der Waals surface area (Å²) >= 11 is 0. The SMILES string of the molecule is CNC(=O)C(C(=O)NO)N(C)C(=O)c1ccc(-c2ccc(OCCCN3CCS(=O)(=O)CC3)cc2)cc1. The van der Waals surface area contributed by atoms with Crippen LogP contribution in [-0.4, -0.2) is 99.0 Å². The van der Waals surface area contributed by atoms with Crippen molar-refractivity contribution in [2.75, 3.05) is 51.8 Å². The fourth-order valence-electron chi connectivity index (χ4n) is 3.99. The summed E-state index contributed by atoms with van der Waals surface area (Å²) in [4.78, 5) is 39.8. The lowest BCUT2D eigenvalue weighted by Crippen LogP contribution is -2.54. The van der Waals surface area contributed by atoms with Gasteiger partial charge in [0.2, 0.25) is 0 Å². The highest BCUT2D eigenvalue weighted by molar-refractivity contribution is 7.91. The zero-order valence-electron chi connectivity index (χ0n) is 20.8. The Morgan fingerprint density at radius 2 is 1.57 bits per heavy atom. The quantitative estimate of drug-likeness (QED) is 0.174. The lowest BCUT2D eigenvalue weighted by atomic mass is 10.0. The third kappa shape index (κ3) is 7.51. The Balaban J connectivity index is 1.53. The lowest BCUT2D eigenvalue weighted by molar-refractivity contribution is -0.140. The minimum Gasteiger partial charge on any atom is -0.494 e. The highest BCUT2D eigenvalue weighted by Crippen LogP contribution is 2.23. The Morgan fingerprint density at radius 1 is 1.00 bits per heavy atom. The largest absolute Gasteiger partial charge is 0.494 e. The van der Waals surface area contributed by atoms with E-state index in [-0.39, 0.29) is 17.1 Å². The molecule has 0 aliphatic carbocycles. The van der Waals surface area contributed by atoms with Gasteiger partial charge in [0.15, 0.2) is 15.9 Å². The predicted octanol–water partition coefficient (Wildman–Crippen LogP) is 0.545. The summed E-state index contributed by atoms with van der Waals surface area (Å²) in [5.74, 6) is -1.14. The molecule has 200 valence electrons. The van der Waals surface area contributed by atoms with E-state index in [1.165, 1.54) is 19.6 Å². The van der Waals surface area contributed by atoms with Crippen LogP contribution in [0.4, 0.5) is 0 Å². The maximum absolute atomic E-state index is 12.8. The van der Waals surface area contributed by atoms with Crippen molar-refractivity contribution in [2.24, 2.45) is 0 Å². The Bertz CT molecular complexity index is 1170. The Morgan fingerprint density at radius 3 is 2.11 bits per heavy atom. The molecule has 0 aromatic heterocycles. The van der Waals surface area contributed by atoms with Gasteiger partial charge in [0.25, 0.3) is 17.7 Å². The van der Waals surface area contributed by atoms with Crippen molar-refractivity contribution in [2.45, 2.75) is 12.5 Å². The van der Waals surface area contributed by atoms with Gasteiger partial charge in [-0.3, -0.25) is 19.6 Å². The molecule has 3 N–H and O–H groups in total. The molecule has 0 radical (unpaired) electrons. The first-order chi connectivity index (χ1) is 17.6. The zero-order chi connectivity index (χ0) is 27.0. The van der Waals surface area contributed by atoms with E-state index in [0.29, 0.717) is 19.7 Å². The van der Waals surface area contributed by atoms with E-state index in [0.717, 1.165) is 34.7 Å². The van der Waals surface area contributed by atoms with Gasteiger partial charge in [-0.25, -0.2) is 13.9 Å². The fourth-order valence-corrected chi connectivity index (χ4v) is 5.27. The van der Waals surface area contributed by atoms with Gasteiger partial charge in [-0.05, 0) is 41.8 Å². The highest BCUT2D eigenvalue weighted by Gasteiger charge is 2.33. The van der Waals surface area contributed by atoms with E-state index >= 15 is 0 Å². The van der Waals surface area contributed by atoms with Gasteiger partial charge in [-0.1, -0.05) is 24.3 Å². The van der Waals surface area contributed by atoms with Crippen molar-refractivity contribution in [3.8, 4) is 16.9 Å². The van der Waals surface area contributed by atoms with Crippen molar-refractivity contribution < 1.29 is 32.7 Å². The second-order valence-electron chi connectivity index (χ2n) is 8.71. The summed E-state index contributed by atoms with van der Waals surface area (Å²) in [6.45, 7) is 2.47. The molecule has 0 saturated carbocycles. The lowest BCUT2D eigenvalue weighted by Gasteiger charge is -2.26. The van der Waals surface area contributed by atoms with Gasteiger partial charge in [-0.2, -0.15) is 0 Å². The molecule has 1 aliphatic heterocycles. The summed E-state index contributed by atoms with van der Waals surface area (Å²) in [5, 5.41) is 11.2. The summed E-state index contributed by atoms with van der Waals surface area (Å²) < 4.78 is 28.8. The number of sulfone groups is 1. The molecule has 1 saturated heterocycles. The van der Waals surface area contributed by atoms with Crippen molar-refractivity contribution in [3.05, 3.63) is 54.1 Å². The number of nitrogens with one attached hydrogen (secondary N) is 2. The summed E-state index contributed by atoms with van der Waals surface area (Å²) in [6, 6.07) is 12.7. The molecule has 1 atom stereocenters. The number of hydrogen-bond acceptors (Lipinski definition) is 8. The van der Waals surface area contributed by atoms with Gasteiger partial charge < -0.3 is 19.9 Å². The topological polar surface area (TPSA) is 145 Å². The smallest absolute Gasteiger partial charge is 0.275 e. The molecule has 1 fully saturated rings. The van der Waals surface area contributed by atoms with Gasteiger partial charge in [0.1, 0.15) is 5.75 Å². The number of benzene rings is 2. The third-order valence-corrected chi connectivity index (χ3v) is 7.81. The molecule has 0 bridgehead atoms. The van der Waals surface area contributed by atoms with Crippen LogP contribution in [0.5, 0.6) is 5.75 Å². The van der Waals surface area contributed by atoms with Crippen LogP contribution in [0.1, 0.15) is 16.8 Å². The number of rotatable bonds is 10. The minimum atomic E-state index is -2.87. The summed E-state index contributed by atoms with van der Waals surface area (Å²) in [6.07, 6.45) is 0.798. The van der Waals surface area contributed by atoms with Crippen LogP contribution in [-0.2, 0) is 19.4 Å². The van der Waals surface area contributed by atoms with Crippen molar-refractivity contribution in [1.29, 1.82) is 0 Å². The molecule has 37 heavy (non-hydrogen) atoms. The maximum atomic E-state index is 12.8. The number of carbonyl (C=O) groups excluding carboxylic acids is 3. The first-order valence-electron chi connectivity index (χ1n) is 11.8. The molecule has 1 aliphatic rings. The first-order valence-corrected chi connectivity index (χ1v) is 13.7. The zero-order valence-corrected chi connectivity index (χ0v) is 21.7. The number of amides is 3. The molecule has 3 rings (SSSR count). The van der Waals surface area contributed by atoms with Gasteiger partial charge in [-0.15, -0.1) is 0 Å². The van der Waals surface area contributed by atoms with E-state index in [4.69, 9.17) is 9.94 Å². The van der Waals surface area contributed by atoms with Crippen LogP contribution in [0.25, 0.3) is 11.1 Å². The van der Waals surface area contributed by atoms with Gasteiger partial charge in [0.05, 0.1) is 18.1 Å². The molecule has 0 spiro atoms. The number of hydrogen-bond donors (Lipinski definition) is 3. The third-order valence-electron chi connectivity index (χ3n) is 6.20. The molecular formula is C25H32N4O7S. The second kappa shape index (κ2) is 12.7. The summed E-state index contributed by atoms with van der Waals surface area (Å²) in [5.41, 5.74) is 3.46. The molecular weight excluding hydrogens is 500 g/mol. The molecule has 11 nitrogen and oxygen atoms in total. The number of likely N-dealkylation sites (N-methyl/N-ethyl adjacent to an activating group) is 2. The predicted molar refractivity (Wildman–Crippen MR) is 137 cm³/mol. The minimum absolute atomic E-state index is 0.221. The summed E-state index contributed by atoms with van der Waals surface area (Å²) in [7, 11) is -0.233. The maximum Gasteiger partial charge on any atom is 0.275 e. The number of ether oxygens (including phenoxy) is 1. The van der Waals surface area contributed by atoms with Crippen molar-refractivity contribution in [1.82, 2.24) is 20.6 Å². The fraction of sp³-hybridized carbons (Fsp3) is 0.400. The Labute approximate surface area is 216 Å². The van der Waals surface area contributed by atoms with Gasteiger partial charge in [0, 0.05) is 39.3 Å². The standard InChI is InChI=1S/C25H32N4O7S/c1-26-23(30)22(24(31)27-33)28(2)25(32)20-6-4-18(5-7-20)19-8-10-21(11-9-19)36-15-3-12-29-13-16-37(34,35)17-14-29/h4-11,22,33H,3,12-17H2,1-2H3,(H,26,30)(H,27,31). The molecule has 2 aromatic carbocycles. The van der Waals surface area contributed by atoms with E-state index in [9.17, 15) is 22.8 Å². The molecule has 1 unspecified atom stereocenters. The monoisotopic (exact) mass is 532 g/mol. The number of hydroxylamine groups is 1. The molecule has 3 amide bonds. The highest BCUT2D eigenvalue weighted by atomic mass is 32.2. The average molecular weight is 533 g/mol. The van der Waals surface area contributed by atoms with Crippen LogP contribution in [0, 0.1) is 0 Å². The van der Waals surface area contributed by atoms with Crippen LogP contribution < -0.4 is 15.5 Å². The first kappa shape index (κ1) is 28.1. The van der Waals surface area contributed by atoms with Gasteiger partial charge >= 0.3 is 0 Å². The Hall–Kier alpha value is -3.48. The van der Waals surface area contributed by atoms with Crippen molar-refractivity contribution >= 4 is 27.6 Å².